The van der Waals surface area contributed by atoms with Crippen LogP contribution in [0.15, 0.2) is 18.2 Å². The fraction of sp³-hybridized carbons (Fsp3) is 0.643. The van der Waals surface area contributed by atoms with Gasteiger partial charge < -0.3 is 0 Å². The van der Waals surface area contributed by atoms with E-state index in [4.69, 9.17) is 9.47 Å². The second-order valence-electron chi connectivity index (χ2n) is 9.81. The van der Waals surface area contributed by atoms with Gasteiger partial charge in [-0.1, -0.05) is 0 Å². The summed E-state index contributed by atoms with van der Waals surface area (Å²) in [7, 11) is 4.85. The zero-order valence-corrected chi connectivity index (χ0v) is 26.4. The van der Waals surface area contributed by atoms with Gasteiger partial charge in [0.2, 0.25) is 0 Å². The molecule has 0 saturated heterocycles. The first-order chi connectivity index (χ1) is 17.3. The number of hydrogen-bond donors (Lipinski definition) is 0. The molecule has 200 valence electrons. The van der Waals surface area contributed by atoms with E-state index in [2.05, 4.69) is 48.3 Å². The Kier molecular flexibility index (Phi) is 12.9. The fourth-order valence-electron chi connectivity index (χ4n) is 5.20. The molecule has 0 unspecified atom stereocenters. The van der Waals surface area contributed by atoms with Crippen LogP contribution in [-0.2, 0) is 18.2 Å². The zero-order chi connectivity index (χ0) is 26.6. The van der Waals surface area contributed by atoms with Gasteiger partial charge in [-0.25, -0.2) is 0 Å². The number of aromatic nitrogens is 4. The van der Waals surface area contributed by atoms with E-state index in [9.17, 15) is 4.79 Å². The van der Waals surface area contributed by atoms with Crippen molar-refractivity contribution in [3.05, 3.63) is 40.7 Å². The van der Waals surface area contributed by atoms with E-state index >= 15 is 0 Å². The van der Waals surface area contributed by atoms with Crippen LogP contribution in [0.1, 0.15) is 93.0 Å². The van der Waals surface area contributed by atoms with Gasteiger partial charge in [-0.05, 0) is 0 Å². The number of hydrogen-bond acceptors (Lipinski definition) is 6. The third-order valence-corrected chi connectivity index (χ3v) is 22.9. The number of carbonyl (C=O) groups excluding carboxylic acids is 1. The molecule has 0 radical (unpaired) electrons. The first-order valence-electron chi connectivity index (χ1n) is 13.6. The van der Waals surface area contributed by atoms with Gasteiger partial charge in [0.25, 0.3) is 0 Å². The van der Waals surface area contributed by atoms with Crippen LogP contribution >= 0.6 is 0 Å². The van der Waals surface area contributed by atoms with Gasteiger partial charge in [-0.15, -0.1) is 0 Å². The van der Waals surface area contributed by atoms with E-state index in [1.54, 1.807) is 17.7 Å². The van der Waals surface area contributed by atoms with Crippen molar-refractivity contribution < 1.29 is 14.3 Å². The first kappa shape index (κ1) is 30.3. The van der Waals surface area contributed by atoms with Crippen molar-refractivity contribution in [2.75, 3.05) is 14.2 Å². The molecule has 1 heterocycles. The maximum absolute atomic E-state index is 12.8. The number of tetrazole rings is 1. The topological polar surface area (TPSA) is 79.1 Å². The quantitative estimate of drug-likeness (QED) is 0.156. The number of nitrogens with zero attached hydrogens (tertiary/aromatic N) is 4. The SMILES string of the molecule is CCC[CH2][Sn]([CH2]CCC)([CH2]CCC)/[C](=C/CCc1nnn(C)n1)c1cc(C)c(OC)c(C(=O)OC)c1. The molecule has 2 rings (SSSR count). The summed E-state index contributed by atoms with van der Waals surface area (Å²) < 4.78 is 16.3. The molecule has 0 saturated carbocycles. The second kappa shape index (κ2) is 15.4. The van der Waals surface area contributed by atoms with Crippen molar-refractivity contribution in [1.82, 2.24) is 20.2 Å². The molecule has 0 N–H and O–H groups in total. The summed E-state index contributed by atoms with van der Waals surface area (Å²) >= 11 is -2.86. The molecule has 0 amide bonds. The normalized spacial score (nSPS) is 12.1. The van der Waals surface area contributed by atoms with E-state index in [-0.39, 0.29) is 5.97 Å². The molecule has 0 spiro atoms. The van der Waals surface area contributed by atoms with E-state index < -0.39 is 18.4 Å². The van der Waals surface area contributed by atoms with Crippen LogP contribution in [0.4, 0.5) is 0 Å². The number of allylic oxidation sites excluding steroid dienone is 1. The van der Waals surface area contributed by atoms with Crippen LogP contribution in [-0.4, -0.2) is 58.8 Å². The molecule has 2 aromatic rings. The van der Waals surface area contributed by atoms with Crippen molar-refractivity contribution >= 4 is 27.9 Å². The average molecular weight is 605 g/mol. The van der Waals surface area contributed by atoms with Gasteiger partial charge in [0.1, 0.15) is 0 Å². The van der Waals surface area contributed by atoms with Crippen molar-refractivity contribution in [3.63, 3.8) is 0 Å². The van der Waals surface area contributed by atoms with E-state index in [0.717, 1.165) is 24.2 Å². The molecule has 1 aromatic carbocycles. The molecule has 8 heteroatoms. The van der Waals surface area contributed by atoms with Crippen LogP contribution < -0.4 is 4.74 Å². The van der Waals surface area contributed by atoms with E-state index in [0.29, 0.717) is 11.3 Å². The minimum absolute atomic E-state index is 0.351. The van der Waals surface area contributed by atoms with Crippen LogP contribution in [0.5, 0.6) is 5.75 Å². The number of aryl methyl sites for hydroxylation is 3. The average Bonchev–Trinajstić information content (AvgIpc) is 3.30. The van der Waals surface area contributed by atoms with Crippen molar-refractivity contribution in [3.8, 4) is 5.75 Å². The number of ether oxygens (including phenoxy) is 2. The minimum atomic E-state index is -2.86. The molecule has 36 heavy (non-hydrogen) atoms. The first-order valence-corrected chi connectivity index (χ1v) is 21.0. The molecule has 0 atom stereocenters. The Balaban J connectivity index is 2.69. The molecule has 7 nitrogen and oxygen atoms in total. The maximum atomic E-state index is 12.8. The van der Waals surface area contributed by atoms with Gasteiger partial charge in [-0.3, -0.25) is 0 Å². The molecule has 0 aliphatic heterocycles. The standard InChI is InChI=1S/C16H19N4O3.3C4H9.Sn/c1-11-9-12(10-13(15(11)22-3)16(21)23-4)7-5-6-8-14-17-19-20(2)18-14;3*1-3-4-2;/h5,9-10H,6,8H2,1-4H3;3*1,3-4H2,2H3;. The molecular formula is C28H46N4O3Sn. The molecule has 0 aliphatic rings. The summed E-state index contributed by atoms with van der Waals surface area (Å²) in [5.74, 6) is 1.02. The number of esters is 1. The van der Waals surface area contributed by atoms with Crippen LogP contribution in [0, 0.1) is 6.92 Å². The molecule has 0 aliphatic carbocycles. The Morgan fingerprint density at radius 3 is 2.11 bits per heavy atom. The van der Waals surface area contributed by atoms with Gasteiger partial charge in [-0.2, -0.15) is 0 Å². The fourth-order valence-corrected chi connectivity index (χ4v) is 22.3. The van der Waals surface area contributed by atoms with Crippen LogP contribution in [0.2, 0.25) is 13.3 Å². The van der Waals surface area contributed by atoms with Gasteiger partial charge in [0, 0.05) is 0 Å². The number of rotatable bonds is 16. The predicted molar refractivity (Wildman–Crippen MR) is 149 cm³/mol. The summed E-state index contributed by atoms with van der Waals surface area (Å²) in [6, 6.07) is 4.26. The number of methoxy groups -OCH3 is 2. The monoisotopic (exact) mass is 606 g/mol. The van der Waals surface area contributed by atoms with Crippen LogP contribution in [0.25, 0.3) is 3.59 Å². The Morgan fingerprint density at radius 1 is 1.03 bits per heavy atom. The predicted octanol–water partition coefficient (Wildman–Crippen LogP) is 6.72. The molecule has 0 bridgehead atoms. The number of carbonyl (C=O) groups is 1. The summed E-state index contributed by atoms with van der Waals surface area (Å²) in [6.45, 7) is 8.92. The van der Waals surface area contributed by atoms with E-state index in [1.807, 2.05) is 13.0 Å². The van der Waals surface area contributed by atoms with Crippen molar-refractivity contribution in [2.45, 2.75) is 92.4 Å². The summed E-state index contributed by atoms with van der Waals surface area (Å²) in [4.78, 5) is 14.3. The molecule has 1 aromatic heterocycles. The Hall–Kier alpha value is -1.90. The third kappa shape index (κ3) is 8.05. The zero-order valence-electron chi connectivity index (χ0n) is 23.5. The second-order valence-corrected chi connectivity index (χ2v) is 22.9. The Bertz CT molecular complexity index is 981. The van der Waals surface area contributed by atoms with E-state index in [1.165, 1.54) is 69.3 Å². The summed E-state index contributed by atoms with van der Waals surface area (Å²) in [6.07, 6.45) is 11.5. The Morgan fingerprint density at radius 2 is 1.64 bits per heavy atom. The van der Waals surface area contributed by atoms with Crippen molar-refractivity contribution in [2.24, 2.45) is 7.05 Å². The van der Waals surface area contributed by atoms with Gasteiger partial charge in [0.05, 0.1) is 0 Å². The summed E-state index contributed by atoms with van der Waals surface area (Å²) in [5.41, 5.74) is 2.66. The molecular weight excluding hydrogens is 559 g/mol. The number of benzene rings is 1. The van der Waals surface area contributed by atoms with Gasteiger partial charge in [0.15, 0.2) is 0 Å². The van der Waals surface area contributed by atoms with Crippen LogP contribution in [0.3, 0.4) is 0 Å². The van der Waals surface area contributed by atoms with Crippen molar-refractivity contribution in [1.29, 1.82) is 0 Å². The molecule has 0 fully saturated rings. The third-order valence-electron chi connectivity index (χ3n) is 7.06. The Labute approximate surface area is 221 Å². The summed E-state index contributed by atoms with van der Waals surface area (Å²) in [5, 5.41) is 12.6. The number of unbranched alkanes of at least 4 members (excludes halogenated alkanes) is 3. The van der Waals surface area contributed by atoms with Gasteiger partial charge >= 0.3 is 223 Å².